The summed E-state index contributed by atoms with van der Waals surface area (Å²) in [5, 5.41) is 10.3. The van der Waals surface area contributed by atoms with Crippen molar-refractivity contribution < 1.29 is 28.6 Å². The fraction of sp³-hybridized carbons (Fsp3) is 0.241. The van der Waals surface area contributed by atoms with E-state index in [4.69, 9.17) is 19.9 Å². The van der Waals surface area contributed by atoms with Crippen LogP contribution in [0.5, 0.6) is 0 Å². The summed E-state index contributed by atoms with van der Waals surface area (Å²) in [6.07, 6.45) is 0. The molecular formula is C29H27N3O6. The van der Waals surface area contributed by atoms with Gasteiger partial charge in [0, 0.05) is 0 Å². The number of allylic oxidation sites excluding steroid dienone is 1. The normalized spacial score (nSPS) is 19.0. The fourth-order valence-electron chi connectivity index (χ4n) is 4.93. The summed E-state index contributed by atoms with van der Waals surface area (Å²) in [6.45, 7) is 4.69. The van der Waals surface area contributed by atoms with Gasteiger partial charge in [-0.1, -0.05) is 60.7 Å². The first kappa shape index (κ1) is 26.2. The van der Waals surface area contributed by atoms with Gasteiger partial charge in [-0.05, 0) is 31.9 Å². The highest BCUT2D eigenvalue weighted by molar-refractivity contribution is 6.20. The second-order valence-corrected chi connectivity index (χ2v) is 8.54. The van der Waals surface area contributed by atoms with Gasteiger partial charge in [0.05, 0.1) is 31.0 Å². The molecule has 2 N–H and O–H groups in total. The third-order valence-electron chi connectivity index (χ3n) is 6.36. The number of amides is 1. The molecule has 0 fully saturated rings. The predicted molar refractivity (Wildman–Crippen MR) is 137 cm³/mol. The molecule has 4 rings (SSSR count). The van der Waals surface area contributed by atoms with Crippen molar-refractivity contribution in [3.8, 4) is 6.07 Å². The molecule has 1 amide bonds. The zero-order valence-electron chi connectivity index (χ0n) is 21.3. The lowest BCUT2D eigenvalue weighted by atomic mass is 9.67. The third-order valence-corrected chi connectivity index (χ3v) is 6.36. The third kappa shape index (κ3) is 4.10. The Hall–Kier alpha value is -4.84. The Kier molecular flexibility index (Phi) is 7.35. The molecule has 0 radical (unpaired) electrons. The van der Waals surface area contributed by atoms with E-state index in [1.54, 1.807) is 44.2 Å². The van der Waals surface area contributed by atoms with Crippen molar-refractivity contribution in [2.75, 3.05) is 13.2 Å². The first-order chi connectivity index (χ1) is 18.3. The van der Waals surface area contributed by atoms with E-state index in [0.29, 0.717) is 5.56 Å². The average molecular weight is 514 g/mol. The van der Waals surface area contributed by atoms with Crippen LogP contribution < -0.4 is 5.73 Å². The summed E-state index contributed by atoms with van der Waals surface area (Å²) in [7, 11) is 0. The maximum absolute atomic E-state index is 14.7. The van der Waals surface area contributed by atoms with Crippen LogP contribution in [0.15, 0.2) is 89.0 Å². The predicted octanol–water partition coefficient (Wildman–Crippen LogP) is 3.55. The SMILES string of the molecule is CCOC(=O)C1=C(C)OC(N)=C(C#N)C12C(=O)N(Cc1ccccc1)C(c1ccccc1)=C2C(=O)OCC. The quantitative estimate of drug-likeness (QED) is 0.556. The molecule has 2 aromatic rings. The molecule has 194 valence electrons. The van der Waals surface area contributed by atoms with Crippen molar-refractivity contribution in [3.63, 3.8) is 0 Å². The highest BCUT2D eigenvalue weighted by Gasteiger charge is 2.65. The van der Waals surface area contributed by atoms with Gasteiger partial charge in [-0.2, -0.15) is 5.26 Å². The van der Waals surface area contributed by atoms with Crippen LogP contribution in [0.25, 0.3) is 5.70 Å². The molecule has 2 aliphatic heterocycles. The Labute approximate surface area is 220 Å². The van der Waals surface area contributed by atoms with E-state index >= 15 is 0 Å². The minimum atomic E-state index is -2.24. The summed E-state index contributed by atoms with van der Waals surface area (Å²) in [6, 6.07) is 19.9. The number of esters is 2. The van der Waals surface area contributed by atoms with Gasteiger partial charge in [-0.3, -0.25) is 4.79 Å². The van der Waals surface area contributed by atoms with Gasteiger partial charge in [0.15, 0.2) is 5.41 Å². The summed E-state index contributed by atoms with van der Waals surface area (Å²) >= 11 is 0. The van der Waals surface area contributed by atoms with Crippen molar-refractivity contribution in [3.05, 3.63) is 100 Å². The van der Waals surface area contributed by atoms with Gasteiger partial charge in [0.25, 0.3) is 0 Å². The number of carbonyl (C=O) groups excluding carboxylic acids is 3. The lowest BCUT2D eigenvalue weighted by Gasteiger charge is -2.35. The van der Waals surface area contributed by atoms with Crippen LogP contribution in [0.3, 0.4) is 0 Å². The standard InChI is InChI=1S/C29H27N3O6/c1-4-36-26(33)22-18(3)38-25(31)21(16-30)29(22)23(27(34)37-5-2)24(20-14-10-7-11-15-20)32(28(29)35)17-19-12-8-6-9-13-19/h6-15H,4-5,17,31H2,1-3H3. The van der Waals surface area contributed by atoms with Gasteiger partial charge in [-0.25, -0.2) is 9.59 Å². The molecule has 38 heavy (non-hydrogen) atoms. The molecule has 0 bridgehead atoms. The molecule has 2 aliphatic rings. The van der Waals surface area contributed by atoms with E-state index in [2.05, 4.69) is 0 Å². The second kappa shape index (κ2) is 10.6. The Morgan fingerprint density at radius 2 is 1.53 bits per heavy atom. The van der Waals surface area contributed by atoms with Crippen LogP contribution in [0.2, 0.25) is 0 Å². The molecule has 0 aromatic heterocycles. The van der Waals surface area contributed by atoms with Gasteiger partial charge in [0.1, 0.15) is 23.0 Å². The minimum Gasteiger partial charge on any atom is -0.463 e. The fourth-order valence-corrected chi connectivity index (χ4v) is 4.93. The molecule has 9 nitrogen and oxygen atoms in total. The van der Waals surface area contributed by atoms with Crippen LogP contribution in [0, 0.1) is 16.7 Å². The topological polar surface area (TPSA) is 132 Å². The van der Waals surface area contributed by atoms with E-state index in [1.807, 2.05) is 36.4 Å². The van der Waals surface area contributed by atoms with Gasteiger partial charge in [0.2, 0.25) is 11.8 Å². The molecule has 9 heteroatoms. The number of benzene rings is 2. The zero-order chi connectivity index (χ0) is 27.4. The van der Waals surface area contributed by atoms with Crippen LogP contribution in [-0.2, 0) is 35.1 Å². The van der Waals surface area contributed by atoms with Crippen molar-refractivity contribution in [2.45, 2.75) is 27.3 Å². The number of hydrogen-bond acceptors (Lipinski definition) is 8. The van der Waals surface area contributed by atoms with Crippen LogP contribution in [-0.4, -0.2) is 36.0 Å². The number of carbonyl (C=O) groups is 3. The number of nitriles is 1. The van der Waals surface area contributed by atoms with E-state index < -0.39 is 23.3 Å². The maximum Gasteiger partial charge on any atom is 0.339 e. The largest absolute Gasteiger partial charge is 0.463 e. The van der Waals surface area contributed by atoms with Crippen LogP contribution >= 0.6 is 0 Å². The number of ether oxygens (including phenoxy) is 3. The summed E-state index contributed by atoms with van der Waals surface area (Å²) in [5.41, 5.74) is 4.52. The van der Waals surface area contributed by atoms with Crippen LogP contribution in [0.4, 0.5) is 0 Å². The molecule has 1 atom stereocenters. The first-order valence-electron chi connectivity index (χ1n) is 12.1. The smallest absolute Gasteiger partial charge is 0.339 e. The number of hydrogen-bond donors (Lipinski definition) is 1. The summed E-state index contributed by atoms with van der Waals surface area (Å²) in [5.74, 6) is -2.93. The summed E-state index contributed by atoms with van der Waals surface area (Å²) in [4.78, 5) is 43.3. The lowest BCUT2D eigenvalue weighted by molar-refractivity contribution is -0.145. The Morgan fingerprint density at radius 1 is 0.974 bits per heavy atom. The first-order valence-corrected chi connectivity index (χ1v) is 12.1. The van der Waals surface area contributed by atoms with Gasteiger partial charge >= 0.3 is 11.9 Å². The molecule has 2 aromatic carbocycles. The van der Waals surface area contributed by atoms with E-state index in [-0.39, 0.29) is 53.8 Å². The average Bonchev–Trinajstić information content (AvgIpc) is 3.14. The van der Waals surface area contributed by atoms with Crippen molar-refractivity contribution in [1.82, 2.24) is 4.90 Å². The monoisotopic (exact) mass is 513 g/mol. The van der Waals surface area contributed by atoms with Gasteiger partial charge < -0.3 is 24.8 Å². The highest BCUT2D eigenvalue weighted by atomic mass is 16.5. The van der Waals surface area contributed by atoms with Gasteiger partial charge in [-0.15, -0.1) is 0 Å². The lowest BCUT2D eigenvalue weighted by Crippen LogP contribution is -2.47. The molecule has 1 unspecified atom stereocenters. The van der Waals surface area contributed by atoms with Crippen molar-refractivity contribution >= 4 is 23.5 Å². The van der Waals surface area contributed by atoms with E-state index in [9.17, 15) is 19.6 Å². The summed E-state index contributed by atoms with van der Waals surface area (Å²) < 4.78 is 16.3. The number of nitrogens with zero attached hydrogens (tertiary/aromatic N) is 2. The van der Waals surface area contributed by atoms with Crippen LogP contribution in [0.1, 0.15) is 31.9 Å². The Balaban J connectivity index is 2.16. The van der Waals surface area contributed by atoms with Crippen molar-refractivity contribution in [2.24, 2.45) is 11.1 Å². The Bertz CT molecular complexity index is 1420. The molecule has 1 spiro atoms. The Morgan fingerprint density at radius 3 is 2.08 bits per heavy atom. The zero-order valence-corrected chi connectivity index (χ0v) is 21.3. The molecular weight excluding hydrogens is 486 g/mol. The molecule has 2 heterocycles. The van der Waals surface area contributed by atoms with Crippen molar-refractivity contribution in [1.29, 1.82) is 5.26 Å². The minimum absolute atomic E-state index is 0.0115. The second-order valence-electron chi connectivity index (χ2n) is 8.54. The number of nitrogens with two attached hydrogens (primary N) is 1. The highest BCUT2D eigenvalue weighted by Crippen LogP contribution is 2.57. The van der Waals surface area contributed by atoms with E-state index in [0.717, 1.165) is 5.56 Å². The van der Waals surface area contributed by atoms with E-state index in [1.165, 1.54) is 11.8 Å². The molecule has 0 aliphatic carbocycles. The molecule has 0 saturated heterocycles. The molecule has 0 saturated carbocycles. The number of rotatable bonds is 7. The maximum atomic E-state index is 14.7.